The van der Waals surface area contributed by atoms with Gasteiger partial charge < -0.3 is 4.42 Å². The number of para-hydroxylation sites is 1. The Bertz CT molecular complexity index is 625. The highest BCUT2D eigenvalue weighted by atomic mass is 35.5. The molecule has 21 heavy (non-hydrogen) atoms. The molecule has 1 aliphatic rings. The van der Waals surface area contributed by atoms with Crippen molar-refractivity contribution in [2.45, 2.75) is 45.6 Å². The highest BCUT2D eigenvalue weighted by molar-refractivity contribution is 6.34. The Balaban J connectivity index is 1.87. The van der Waals surface area contributed by atoms with Gasteiger partial charge in [-0.05, 0) is 49.1 Å². The average molecular weight is 307 g/mol. The summed E-state index contributed by atoms with van der Waals surface area (Å²) in [4.78, 5) is 0. The van der Waals surface area contributed by atoms with Gasteiger partial charge in [-0.15, -0.1) is 0 Å². The SMILES string of the molecule is CC1(C)CCC(C(NN)c2cc3cccc(Cl)c3o2)CC1. The van der Waals surface area contributed by atoms with Crippen molar-refractivity contribution in [2.24, 2.45) is 17.2 Å². The van der Waals surface area contributed by atoms with Crippen LogP contribution < -0.4 is 11.3 Å². The molecule has 114 valence electrons. The van der Waals surface area contributed by atoms with Crippen molar-refractivity contribution in [3.05, 3.63) is 35.0 Å². The first-order chi connectivity index (χ1) is 10.00. The lowest BCUT2D eigenvalue weighted by Gasteiger charge is -2.37. The molecule has 3 nitrogen and oxygen atoms in total. The first kappa shape index (κ1) is 14.9. The number of hydrogen-bond acceptors (Lipinski definition) is 3. The molecule has 0 radical (unpaired) electrons. The summed E-state index contributed by atoms with van der Waals surface area (Å²) in [6.45, 7) is 4.68. The molecule has 0 spiro atoms. The number of rotatable bonds is 3. The van der Waals surface area contributed by atoms with Crippen LogP contribution in [-0.4, -0.2) is 0 Å². The maximum atomic E-state index is 6.20. The van der Waals surface area contributed by atoms with Crippen LogP contribution in [-0.2, 0) is 0 Å². The van der Waals surface area contributed by atoms with Crippen molar-refractivity contribution in [1.82, 2.24) is 5.43 Å². The van der Waals surface area contributed by atoms with Crippen LogP contribution in [0, 0.1) is 11.3 Å². The summed E-state index contributed by atoms with van der Waals surface area (Å²) in [6.07, 6.45) is 4.81. The molecule has 4 heteroatoms. The van der Waals surface area contributed by atoms with Crippen molar-refractivity contribution in [3.8, 4) is 0 Å². The quantitative estimate of drug-likeness (QED) is 0.632. The summed E-state index contributed by atoms with van der Waals surface area (Å²) in [6, 6.07) is 7.94. The first-order valence-corrected chi connectivity index (χ1v) is 8.02. The van der Waals surface area contributed by atoms with E-state index in [4.69, 9.17) is 21.9 Å². The molecule has 1 heterocycles. The van der Waals surface area contributed by atoms with Crippen molar-refractivity contribution < 1.29 is 4.42 Å². The predicted octanol–water partition coefficient (Wildman–Crippen LogP) is 4.81. The average Bonchev–Trinajstić information content (AvgIpc) is 2.86. The van der Waals surface area contributed by atoms with Gasteiger partial charge in [-0.1, -0.05) is 37.6 Å². The minimum absolute atomic E-state index is 0.0598. The summed E-state index contributed by atoms with van der Waals surface area (Å²) < 4.78 is 5.98. The van der Waals surface area contributed by atoms with Crippen molar-refractivity contribution in [2.75, 3.05) is 0 Å². The molecular weight excluding hydrogens is 284 g/mol. The Kier molecular flexibility index (Phi) is 4.00. The van der Waals surface area contributed by atoms with Gasteiger partial charge >= 0.3 is 0 Å². The monoisotopic (exact) mass is 306 g/mol. The molecule has 0 saturated heterocycles. The van der Waals surface area contributed by atoms with Gasteiger partial charge in [-0.2, -0.15) is 0 Å². The van der Waals surface area contributed by atoms with E-state index in [2.05, 4.69) is 25.3 Å². The molecule has 1 fully saturated rings. The lowest BCUT2D eigenvalue weighted by molar-refractivity contribution is 0.153. The lowest BCUT2D eigenvalue weighted by atomic mass is 9.71. The van der Waals surface area contributed by atoms with E-state index < -0.39 is 0 Å². The summed E-state index contributed by atoms with van der Waals surface area (Å²) in [5.74, 6) is 7.23. The van der Waals surface area contributed by atoms with E-state index in [-0.39, 0.29) is 6.04 Å². The largest absolute Gasteiger partial charge is 0.458 e. The van der Waals surface area contributed by atoms with Crippen LogP contribution in [0.4, 0.5) is 0 Å². The van der Waals surface area contributed by atoms with E-state index in [1.807, 2.05) is 18.2 Å². The Morgan fingerprint density at radius 2 is 2.05 bits per heavy atom. The molecule has 0 aliphatic heterocycles. The Labute approximate surface area is 130 Å². The second kappa shape index (κ2) is 5.64. The van der Waals surface area contributed by atoms with Crippen LogP contribution in [0.15, 0.2) is 28.7 Å². The molecule has 1 aliphatic carbocycles. The van der Waals surface area contributed by atoms with E-state index in [1.54, 1.807) is 0 Å². The van der Waals surface area contributed by atoms with Crippen LogP contribution in [0.2, 0.25) is 5.02 Å². The minimum atomic E-state index is 0.0598. The third-order valence-corrected chi connectivity index (χ3v) is 5.15. The summed E-state index contributed by atoms with van der Waals surface area (Å²) in [5, 5.41) is 1.69. The third kappa shape index (κ3) is 2.96. The van der Waals surface area contributed by atoms with E-state index in [9.17, 15) is 0 Å². The zero-order valence-electron chi connectivity index (χ0n) is 12.7. The van der Waals surface area contributed by atoms with Gasteiger partial charge in [0, 0.05) is 5.39 Å². The number of nitrogens with two attached hydrogens (primary N) is 1. The van der Waals surface area contributed by atoms with E-state index in [0.717, 1.165) is 16.7 Å². The molecule has 1 aromatic heterocycles. The van der Waals surface area contributed by atoms with Crippen LogP contribution in [0.5, 0.6) is 0 Å². The Hall–Kier alpha value is -1.03. The minimum Gasteiger partial charge on any atom is -0.458 e. The van der Waals surface area contributed by atoms with Gasteiger partial charge in [-0.3, -0.25) is 5.84 Å². The van der Waals surface area contributed by atoms with Crippen molar-refractivity contribution in [1.29, 1.82) is 0 Å². The Morgan fingerprint density at radius 3 is 2.67 bits per heavy atom. The standard InChI is InChI=1S/C17H23ClN2O/c1-17(2)8-6-11(7-9-17)15(20-19)14-10-12-4-3-5-13(18)16(12)21-14/h3-5,10-11,15,20H,6-9,19H2,1-2H3. The normalized spacial score (nSPS) is 20.8. The molecule has 0 bridgehead atoms. The van der Waals surface area contributed by atoms with Gasteiger partial charge in [0.15, 0.2) is 5.58 Å². The zero-order valence-corrected chi connectivity index (χ0v) is 13.4. The molecule has 1 aromatic carbocycles. The van der Waals surface area contributed by atoms with Gasteiger partial charge in [-0.25, -0.2) is 5.43 Å². The first-order valence-electron chi connectivity index (χ1n) is 7.64. The number of hydrazine groups is 1. The van der Waals surface area contributed by atoms with Gasteiger partial charge in [0.1, 0.15) is 5.76 Å². The lowest BCUT2D eigenvalue weighted by Crippen LogP contribution is -2.36. The molecule has 1 saturated carbocycles. The van der Waals surface area contributed by atoms with Crippen LogP contribution >= 0.6 is 11.6 Å². The summed E-state index contributed by atoms with van der Waals surface area (Å²) in [5.41, 5.74) is 4.17. The fourth-order valence-corrected chi connectivity index (χ4v) is 3.63. The molecular formula is C17H23ClN2O. The topological polar surface area (TPSA) is 51.2 Å². The predicted molar refractivity (Wildman–Crippen MR) is 87.0 cm³/mol. The summed E-state index contributed by atoms with van der Waals surface area (Å²) >= 11 is 6.20. The van der Waals surface area contributed by atoms with Crippen LogP contribution in [0.1, 0.15) is 51.3 Å². The molecule has 3 rings (SSSR count). The van der Waals surface area contributed by atoms with E-state index in [1.165, 1.54) is 25.7 Å². The van der Waals surface area contributed by atoms with Gasteiger partial charge in [0.05, 0.1) is 11.1 Å². The maximum Gasteiger partial charge on any atom is 0.152 e. The van der Waals surface area contributed by atoms with E-state index in [0.29, 0.717) is 16.4 Å². The molecule has 1 unspecified atom stereocenters. The second-order valence-electron chi connectivity index (χ2n) is 6.95. The second-order valence-corrected chi connectivity index (χ2v) is 7.36. The highest BCUT2D eigenvalue weighted by Crippen LogP contribution is 2.43. The van der Waals surface area contributed by atoms with Crippen molar-refractivity contribution in [3.63, 3.8) is 0 Å². The molecule has 0 amide bonds. The smallest absolute Gasteiger partial charge is 0.152 e. The number of benzene rings is 1. The highest BCUT2D eigenvalue weighted by Gasteiger charge is 2.33. The number of hydrogen-bond donors (Lipinski definition) is 2. The number of halogens is 1. The Morgan fingerprint density at radius 1 is 1.33 bits per heavy atom. The van der Waals surface area contributed by atoms with Gasteiger partial charge in [0.25, 0.3) is 0 Å². The molecule has 2 aromatic rings. The fourth-order valence-electron chi connectivity index (χ4n) is 3.41. The zero-order chi connectivity index (χ0) is 15.0. The van der Waals surface area contributed by atoms with Crippen molar-refractivity contribution >= 4 is 22.6 Å². The fraction of sp³-hybridized carbons (Fsp3) is 0.529. The third-order valence-electron chi connectivity index (χ3n) is 4.86. The maximum absolute atomic E-state index is 6.20. The summed E-state index contributed by atoms with van der Waals surface area (Å²) in [7, 11) is 0. The number of fused-ring (bicyclic) bond motifs is 1. The molecule has 3 N–H and O–H groups in total. The van der Waals surface area contributed by atoms with Crippen LogP contribution in [0.25, 0.3) is 11.0 Å². The number of nitrogens with one attached hydrogen (secondary N) is 1. The van der Waals surface area contributed by atoms with Gasteiger partial charge in [0.2, 0.25) is 0 Å². The number of furan rings is 1. The molecule has 1 atom stereocenters. The van der Waals surface area contributed by atoms with Crippen LogP contribution in [0.3, 0.4) is 0 Å². The van der Waals surface area contributed by atoms with E-state index >= 15 is 0 Å².